The SMILES string of the molecule is CC(=O)c1cc2c(cc1NC(=O)COC(=O)Cc1ccccc1F)OCO2. The normalized spacial score (nSPS) is 11.8. The molecule has 1 amide bonds. The highest BCUT2D eigenvalue weighted by atomic mass is 19.1. The summed E-state index contributed by atoms with van der Waals surface area (Å²) in [6.07, 6.45) is -0.289. The molecule has 0 fully saturated rings. The standard InChI is InChI=1S/C19H16FNO6/c1-11(22)13-7-16-17(27-10-26-16)8-15(13)21-18(23)9-25-19(24)6-12-4-2-3-5-14(12)20/h2-5,7-8H,6,9-10H2,1H3,(H,21,23). The fourth-order valence-electron chi connectivity index (χ4n) is 2.52. The van der Waals surface area contributed by atoms with Crippen molar-refractivity contribution >= 4 is 23.3 Å². The molecule has 0 atom stereocenters. The van der Waals surface area contributed by atoms with Crippen molar-refractivity contribution in [3.8, 4) is 11.5 Å². The highest BCUT2D eigenvalue weighted by Gasteiger charge is 2.21. The first-order valence-corrected chi connectivity index (χ1v) is 8.07. The highest BCUT2D eigenvalue weighted by Crippen LogP contribution is 2.37. The van der Waals surface area contributed by atoms with Crippen molar-refractivity contribution in [1.29, 1.82) is 0 Å². The smallest absolute Gasteiger partial charge is 0.310 e. The van der Waals surface area contributed by atoms with Crippen LogP contribution in [0.15, 0.2) is 36.4 Å². The van der Waals surface area contributed by atoms with E-state index in [2.05, 4.69) is 5.32 Å². The monoisotopic (exact) mass is 373 g/mol. The average Bonchev–Trinajstić information content (AvgIpc) is 3.08. The van der Waals surface area contributed by atoms with E-state index in [9.17, 15) is 18.8 Å². The lowest BCUT2D eigenvalue weighted by Crippen LogP contribution is -2.22. The number of esters is 1. The Hall–Kier alpha value is -3.42. The molecule has 1 aliphatic rings. The molecule has 2 aromatic carbocycles. The van der Waals surface area contributed by atoms with Gasteiger partial charge in [0, 0.05) is 11.6 Å². The minimum absolute atomic E-state index is 0.0255. The van der Waals surface area contributed by atoms with Gasteiger partial charge in [0.15, 0.2) is 23.9 Å². The molecule has 1 aliphatic heterocycles. The van der Waals surface area contributed by atoms with Gasteiger partial charge in [0.25, 0.3) is 5.91 Å². The molecule has 0 spiro atoms. The van der Waals surface area contributed by atoms with Gasteiger partial charge >= 0.3 is 5.97 Å². The summed E-state index contributed by atoms with van der Waals surface area (Å²) < 4.78 is 28.8. The molecule has 0 radical (unpaired) electrons. The first-order chi connectivity index (χ1) is 12.9. The number of nitrogens with one attached hydrogen (secondary N) is 1. The Morgan fingerprint density at radius 1 is 1.15 bits per heavy atom. The van der Waals surface area contributed by atoms with Gasteiger partial charge in [-0.2, -0.15) is 0 Å². The van der Waals surface area contributed by atoms with Crippen LogP contribution in [0.25, 0.3) is 0 Å². The van der Waals surface area contributed by atoms with Gasteiger partial charge in [-0.05, 0) is 24.6 Å². The van der Waals surface area contributed by atoms with E-state index in [1.165, 1.54) is 37.3 Å². The van der Waals surface area contributed by atoms with Gasteiger partial charge in [-0.15, -0.1) is 0 Å². The lowest BCUT2D eigenvalue weighted by molar-refractivity contribution is -0.146. The number of carbonyl (C=O) groups excluding carboxylic acids is 3. The van der Waals surface area contributed by atoms with Gasteiger partial charge in [0.05, 0.1) is 12.1 Å². The van der Waals surface area contributed by atoms with E-state index in [1.807, 2.05) is 0 Å². The number of amides is 1. The summed E-state index contributed by atoms with van der Waals surface area (Å²) >= 11 is 0. The van der Waals surface area contributed by atoms with E-state index < -0.39 is 24.3 Å². The lowest BCUT2D eigenvalue weighted by atomic mass is 10.1. The molecule has 8 heteroatoms. The molecule has 0 aromatic heterocycles. The number of carbonyl (C=O) groups is 3. The van der Waals surface area contributed by atoms with Gasteiger partial charge < -0.3 is 19.5 Å². The molecular weight excluding hydrogens is 357 g/mol. The zero-order chi connectivity index (χ0) is 19.4. The highest BCUT2D eigenvalue weighted by molar-refractivity contribution is 6.05. The Morgan fingerprint density at radius 3 is 2.56 bits per heavy atom. The molecule has 140 valence electrons. The van der Waals surface area contributed by atoms with Gasteiger partial charge in [0.2, 0.25) is 6.79 Å². The van der Waals surface area contributed by atoms with E-state index >= 15 is 0 Å². The second-order valence-electron chi connectivity index (χ2n) is 5.78. The predicted molar refractivity (Wildman–Crippen MR) is 92.3 cm³/mol. The second kappa shape index (κ2) is 7.86. The summed E-state index contributed by atoms with van der Waals surface area (Å²) in [5.41, 5.74) is 0.643. The molecule has 27 heavy (non-hydrogen) atoms. The third-order valence-electron chi connectivity index (χ3n) is 3.82. The summed E-state index contributed by atoms with van der Waals surface area (Å²) in [5, 5.41) is 2.51. The number of benzene rings is 2. The van der Waals surface area contributed by atoms with Crippen molar-refractivity contribution in [1.82, 2.24) is 0 Å². The third-order valence-corrected chi connectivity index (χ3v) is 3.82. The molecule has 2 aromatic rings. The van der Waals surface area contributed by atoms with Crippen LogP contribution in [0.1, 0.15) is 22.8 Å². The third kappa shape index (κ3) is 4.41. The van der Waals surface area contributed by atoms with Crippen molar-refractivity contribution in [2.75, 3.05) is 18.7 Å². The lowest BCUT2D eigenvalue weighted by Gasteiger charge is -2.11. The van der Waals surface area contributed by atoms with Crippen LogP contribution in [0, 0.1) is 5.82 Å². The molecule has 0 aliphatic carbocycles. The van der Waals surface area contributed by atoms with E-state index in [0.29, 0.717) is 11.5 Å². The zero-order valence-corrected chi connectivity index (χ0v) is 14.4. The summed E-state index contributed by atoms with van der Waals surface area (Å²) in [7, 11) is 0. The first kappa shape index (κ1) is 18.4. The molecule has 0 unspecified atom stereocenters. The number of halogens is 1. The van der Waals surface area contributed by atoms with Gasteiger partial charge in [0.1, 0.15) is 5.82 Å². The van der Waals surface area contributed by atoms with Crippen LogP contribution in [0.2, 0.25) is 0 Å². The molecule has 1 N–H and O–H groups in total. The van der Waals surface area contributed by atoms with Crippen molar-refractivity contribution in [3.05, 3.63) is 53.3 Å². The Labute approximate surface area is 154 Å². The number of rotatable bonds is 6. The van der Waals surface area contributed by atoms with E-state index in [4.69, 9.17) is 14.2 Å². The predicted octanol–water partition coefficient (Wildman–Crippen LogP) is 2.48. The van der Waals surface area contributed by atoms with Crippen LogP contribution in [0.3, 0.4) is 0 Å². The van der Waals surface area contributed by atoms with Gasteiger partial charge in [-0.25, -0.2) is 4.39 Å². The summed E-state index contributed by atoms with van der Waals surface area (Å²) in [4.78, 5) is 35.6. The molecule has 0 saturated carbocycles. The molecule has 3 rings (SSSR count). The molecule has 7 nitrogen and oxygen atoms in total. The van der Waals surface area contributed by atoms with E-state index in [1.54, 1.807) is 6.07 Å². The largest absolute Gasteiger partial charge is 0.455 e. The number of ether oxygens (including phenoxy) is 3. The number of Topliss-reactive ketones (excluding diaryl/α,β-unsaturated/α-hetero) is 1. The fourth-order valence-corrected chi connectivity index (χ4v) is 2.52. The number of anilines is 1. The van der Waals surface area contributed by atoms with Crippen LogP contribution in [-0.2, 0) is 20.7 Å². The average molecular weight is 373 g/mol. The number of fused-ring (bicyclic) bond motifs is 1. The fraction of sp³-hybridized carbons (Fsp3) is 0.211. The Bertz CT molecular complexity index is 911. The summed E-state index contributed by atoms with van der Waals surface area (Å²) in [6.45, 7) is 0.804. The van der Waals surface area contributed by atoms with Crippen molar-refractivity contribution in [2.45, 2.75) is 13.3 Å². The molecular formula is C19H16FNO6. The van der Waals surface area contributed by atoms with Crippen LogP contribution in [0.5, 0.6) is 11.5 Å². The summed E-state index contributed by atoms with van der Waals surface area (Å²) in [6, 6.07) is 8.75. The second-order valence-corrected chi connectivity index (χ2v) is 5.78. The van der Waals surface area contributed by atoms with Crippen LogP contribution in [-0.4, -0.2) is 31.1 Å². The number of ketones is 1. The molecule has 0 saturated heterocycles. The van der Waals surface area contributed by atoms with Gasteiger partial charge in [-0.1, -0.05) is 18.2 Å². The Balaban J connectivity index is 1.60. The topological polar surface area (TPSA) is 90.9 Å². The van der Waals surface area contributed by atoms with Crippen molar-refractivity contribution in [3.63, 3.8) is 0 Å². The maximum atomic E-state index is 13.5. The van der Waals surface area contributed by atoms with Gasteiger partial charge in [-0.3, -0.25) is 14.4 Å². The molecule has 0 bridgehead atoms. The summed E-state index contributed by atoms with van der Waals surface area (Å²) in [5.74, 6) is -1.38. The zero-order valence-electron chi connectivity index (χ0n) is 14.4. The maximum absolute atomic E-state index is 13.5. The van der Waals surface area contributed by atoms with E-state index in [-0.39, 0.29) is 35.8 Å². The van der Waals surface area contributed by atoms with Crippen molar-refractivity contribution < 1.29 is 33.0 Å². The van der Waals surface area contributed by atoms with Crippen molar-refractivity contribution in [2.24, 2.45) is 0 Å². The van der Waals surface area contributed by atoms with Crippen LogP contribution < -0.4 is 14.8 Å². The van der Waals surface area contributed by atoms with Crippen LogP contribution >= 0.6 is 0 Å². The Morgan fingerprint density at radius 2 is 1.85 bits per heavy atom. The number of hydrogen-bond acceptors (Lipinski definition) is 6. The first-order valence-electron chi connectivity index (χ1n) is 8.07. The quantitative estimate of drug-likeness (QED) is 0.618. The maximum Gasteiger partial charge on any atom is 0.310 e. The molecule has 1 heterocycles. The Kier molecular flexibility index (Phi) is 5.35. The number of hydrogen-bond donors (Lipinski definition) is 1. The minimum Gasteiger partial charge on any atom is -0.455 e. The van der Waals surface area contributed by atoms with E-state index in [0.717, 1.165) is 0 Å². The minimum atomic E-state index is -0.743. The van der Waals surface area contributed by atoms with Crippen LogP contribution in [0.4, 0.5) is 10.1 Å².